The Labute approximate surface area is 107 Å². The molecule has 0 aliphatic heterocycles. The predicted molar refractivity (Wildman–Crippen MR) is 63.7 cm³/mol. The van der Waals surface area contributed by atoms with Crippen LogP contribution in [0.4, 0.5) is 8.78 Å². The van der Waals surface area contributed by atoms with E-state index in [0.29, 0.717) is 10.6 Å². The fourth-order valence-corrected chi connectivity index (χ4v) is 2.23. The first-order valence-electron chi connectivity index (χ1n) is 5.34. The number of hydrogen-bond donors (Lipinski definition) is 0. The van der Waals surface area contributed by atoms with Crippen LogP contribution in [0.1, 0.15) is 27.3 Å². The van der Waals surface area contributed by atoms with Crippen molar-refractivity contribution in [3.63, 3.8) is 0 Å². The van der Waals surface area contributed by atoms with Crippen LogP contribution < -0.4 is 0 Å². The maximum Gasteiger partial charge on any atom is 0.176 e. The molecule has 0 radical (unpaired) electrons. The van der Waals surface area contributed by atoms with Crippen LogP contribution in [0.25, 0.3) is 0 Å². The molecule has 0 fully saturated rings. The molecule has 6 heteroatoms. The van der Waals surface area contributed by atoms with Crippen LogP contribution in [0.15, 0.2) is 18.2 Å². The lowest BCUT2D eigenvalue weighted by Gasteiger charge is -2.03. The summed E-state index contributed by atoms with van der Waals surface area (Å²) in [5.41, 5.74) is 0.500. The van der Waals surface area contributed by atoms with Gasteiger partial charge in [-0.3, -0.25) is 4.79 Å². The lowest BCUT2D eigenvalue weighted by atomic mass is 10.1. The third-order valence-corrected chi connectivity index (χ3v) is 3.44. The van der Waals surface area contributed by atoms with Gasteiger partial charge < -0.3 is 0 Å². The van der Waals surface area contributed by atoms with Gasteiger partial charge in [0.2, 0.25) is 0 Å². The van der Waals surface area contributed by atoms with Gasteiger partial charge in [0, 0.05) is 12.0 Å². The van der Waals surface area contributed by atoms with Gasteiger partial charge in [0.15, 0.2) is 5.78 Å². The molecule has 0 atom stereocenters. The second-order valence-corrected chi connectivity index (χ2v) is 4.56. The van der Waals surface area contributed by atoms with Gasteiger partial charge in [-0.1, -0.05) is 10.6 Å². The third kappa shape index (κ3) is 2.59. The monoisotopic (exact) mass is 268 g/mol. The van der Waals surface area contributed by atoms with Crippen molar-refractivity contribution in [2.45, 2.75) is 19.8 Å². The van der Waals surface area contributed by atoms with E-state index in [4.69, 9.17) is 0 Å². The van der Waals surface area contributed by atoms with E-state index in [9.17, 15) is 13.6 Å². The highest BCUT2D eigenvalue weighted by Gasteiger charge is 2.15. The molecule has 0 spiro atoms. The Hall–Kier alpha value is -1.69. The maximum atomic E-state index is 13.3. The predicted octanol–water partition coefficient (Wildman–Crippen LogP) is 2.94. The highest BCUT2D eigenvalue weighted by atomic mass is 32.1. The molecule has 18 heavy (non-hydrogen) atoms. The average Bonchev–Trinajstić information content (AvgIpc) is 2.74. The first-order valence-corrected chi connectivity index (χ1v) is 6.12. The molecule has 0 aliphatic carbocycles. The van der Waals surface area contributed by atoms with Crippen molar-refractivity contribution in [2.24, 2.45) is 0 Å². The molecule has 1 heterocycles. The van der Waals surface area contributed by atoms with Crippen molar-refractivity contribution < 1.29 is 13.6 Å². The highest BCUT2D eigenvalue weighted by Crippen LogP contribution is 2.17. The van der Waals surface area contributed by atoms with Crippen LogP contribution in [0.3, 0.4) is 0 Å². The van der Waals surface area contributed by atoms with Crippen molar-refractivity contribution in [2.75, 3.05) is 0 Å². The molecule has 0 unspecified atom stereocenters. The molecule has 2 rings (SSSR count). The van der Waals surface area contributed by atoms with Gasteiger partial charge in [0.1, 0.15) is 16.5 Å². The number of nitrogens with zero attached hydrogens (tertiary/aromatic N) is 2. The first kappa shape index (κ1) is 12.8. The van der Waals surface area contributed by atoms with Gasteiger partial charge >= 0.3 is 0 Å². The summed E-state index contributed by atoms with van der Waals surface area (Å²) in [6.45, 7) is 1.68. The molecule has 2 aromatic rings. The van der Waals surface area contributed by atoms with Gasteiger partial charge in [0.25, 0.3) is 0 Å². The number of rotatable bonds is 4. The van der Waals surface area contributed by atoms with E-state index >= 15 is 0 Å². The summed E-state index contributed by atoms with van der Waals surface area (Å²) in [5, 5.41) is 3.73. The Morgan fingerprint density at radius 3 is 2.56 bits per heavy atom. The number of aromatic nitrogens is 2. The second-order valence-electron chi connectivity index (χ2n) is 3.81. The van der Waals surface area contributed by atoms with Crippen molar-refractivity contribution in [1.29, 1.82) is 0 Å². The number of halogens is 2. The zero-order valence-electron chi connectivity index (χ0n) is 9.61. The fourth-order valence-electron chi connectivity index (χ4n) is 1.61. The van der Waals surface area contributed by atoms with E-state index in [1.165, 1.54) is 18.2 Å². The molecule has 94 valence electrons. The van der Waals surface area contributed by atoms with Crippen LogP contribution in [0.5, 0.6) is 0 Å². The number of carbonyl (C=O) groups is 1. The summed E-state index contributed by atoms with van der Waals surface area (Å²) in [6, 6.07) is 3.66. The standard InChI is InChI=1S/C12H10F2N2OS/c1-7-12(18-16-15-7)11(17)6-5-8-9(13)3-2-4-10(8)14/h2-4H,5-6H2,1H3. The van der Waals surface area contributed by atoms with Crippen LogP contribution in [-0.2, 0) is 6.42 Å². The second kappa shape index (κ2) is 5.30. The largest absolute Gasteiger partial charge is 0.293 e. The van der Waals surface area contributed by atoms with Crippen molar-refractivity contribution in [3.8, 4) is 0 Å². The topological polar surface area (TPSA) is 42.9 Å². The molecule has 3 nitrogen and oxygen atoms in total. The number of hydrogen-bond acceptors (Lipinski definition) is 4. The number of ketones is 1. The highest BCUT2D eigenvalue weighted by molar-refractivity contribution is 7.08. The van der Waals surface area contributed by atoms with Crippen LogP contribution in [0.2, 0.25) is 0 Å². The first-order chi connectivity index (χ1) is 8.59. The summed E-state index contributed by atoms with van der Waals surface area (Å²) in [7, 11) is 0. The molecule has 0 N–H and O–H groups in total. The summed E-state index contributed by atoms with van der Waals surface area (Å²) < 4.78 is 30.4. The zero-order valence-corrected chi connectivity index (χ0v) is 10.4. The maximum absolute atomic E-state index is 13.3. The van der Waals surface area contributed by atoms with E-state index in [-0.39, 0.29) is 24.2 Å². The molecule has 0 saturated carbocycles. The summed E-state index contributed by atoms with van der Waals surface area (Å²) in [5.74, 6) is -1.44. The van der Waals surface area contributed by atoms with E-state index in [2.05, 4.69) is 9.59 Å². The normalized spacial score (nSPS) is 10.6. The Balaban J connectivity index is 2.09. The van der Waals surface area contributed by atoms with Gasteiger partial charge in [-0.25, -0.2) is 8.78 Å². The molecule has 0 saturated heterocycles. The van der Waals surface area contributed by atoms with Crippen LogP contribution in [-0.4, -0.2) is 15.4 Å². The molecule has 0 bridgehead atoms. The average molecular weight is 268 g/mol. The number of Topliss-reactive ketones (excluding diaryl/α,β-unsaturated/α-hetero) is 1. The molecule has 1 aromatic heterocycles. The minimum Gasteiger partial charge on any atom is -0.293 e. The SMILES string of the molecule is Cc1nnsc1C(=O)CCc1c(F)cccc1F. The zero-order chi connectivity index (χ0) is 13.1. The minimum absolute atomic E-state index is 0.0364. The molecular formula is C12H10F2N2OS. The lowest BCUT2D eigenvalue weighted by molar-refractivity contribution is 0.0985. The summed E-state index contributed by atoms with van der Waals surface area (Å²) in [4.78, 5) is 12.3. The quantitative estimate of drug-likeness (QED) is 0.801. The number of benzene rings is 1. The van der Waals surface area contributed by atoms with E-state index in [1.807, 2.05) is 0 Å². The van der Waals surface area contributed by atoms with Gasteiger partial charge in [-0.15, -0.1) is 5.10 Å². The van der Waals surface area contributed by atoms with Crippen LogP contribution >= 0.6 is 11.5 Å². The summed E-state index contributed by atoms with van der Waals surface area (Å²) >= 11 is 1.00. The summed E-state index contributed by atoms with van der Waals surface area (Å²) in [6.07, 6.45) is 0.0806. The Bertz CT molecular complexity index is 563. The lowest BCUT2D eigenvalue weighted by Crippen LogP contribution is -2.03. The molecular weight excluding hydrogens is 258 g/mol. The number of aryl methyl sites for hydroxylation is 1. The Morgan fingerprint density at radius 2 is 2.00 bits per heavy atom. The Kier molecular flexibility index (Phi) is 3.76. The van der Waals surface area contributed by atoms with E-state index < -0.39 is 11.6 Å². The smallest absolute Gasteiger partial charge is 0.176 e. The Morgan fingerprint density at radius 1 is 1.33 bits per heavy atom. The van der Waals surface area contributed by atoms with Crippen molar-refractivity contribution >= 4 is 17.3 Å². The van der Waals surface area contributed by atoms with Gasteiger partial charge in [-0.2, -0.15) is 0 Å². The van der Waals surface area contributed by atoms with Crippen molar-refractivity contribution in [3.05, 3.63) is 46.0 Å². The number of carbonyl (C=O) groups excluding carboxylic acids is 1. The van der Waals surface area contributed by atoms with Gasteiger partial charge in [-0.05, 0) is 37.0 Å². The van der Waals surface area contributed by atoms with Crippen LogP contribution in [0, 0.1) is 18.6 Å². The molecule has 1 aromatic carbocycles. The molecule has 0 aliphatic rings. The van der Waals surface area contributed by atoms with Crippen molar-refractivity contribution in [1.82, 2.24) is 9.59 Å². The van der Waals surface area contributed by atoms with E-state index in [1.54, 1.807) is 6.92 Å². The van der Waals surface area contributed by atoms with Gasteiger partial charge in [0.05, 0.1) is 5.69 Å². The fraction of sp³-hybridized carbons (Fsp3) is 0.250. The third-order valence-electron chi connectivity index (χ3n) is 2.57. The molecule has 0 amide bonds. The van der Waals surface area contributed by atoms with E-state index in [0.717, 1.165) is 11.5 Å². The minimum atomic E-state index is -0.623.